The van der Waals surface area contributed by atoms with Gasteiger partial charge in [-0.05, 0) is 32.1 Å². The average molecular weight is 239 g/mol. The topological polar surface area (TPSA) is 66.4 Å². The number of hydrogen-bond donors (Lipinski definition) is 2. The summed E-state index contributed by atoms with van der Waals surface area (Å²) >= 11 is 0. The quantitative estimate of drug-likeness (QED) is 0.568. The average Bonchev–Trinajstić information content (AvgIpc) is 2.66. The van der Waals surface area contributed by atoms with Gasteiger partial charge in [0.05, 0.1) is 11.8 Å². The number of nitrogens with one attached hydrogen (secondary N) is 1. The van der Waals surface area contributed by atoms with Crippen LogP contribution in [0, 0.1) is 17.8 Å². The van der Waals surface area contributed by atoms with E-state index >= 15 is 0 Å². The van der Waals surface area contributed by atoms with Gasteiger partial charge in [-0.3, -0.25) is 9.59 Å². The number of carboxylic acids is 1. The molecule has 1 rings (SSSR count). The number of rotatable bonds is 5. The lowest BCUT2D eigenvalue weighted by Crippen LogP contribution is -2.35. The van der Waals surface area contributed by atoms with Gasteiger partial charge in [0.25, 0.3) is 0 Å². The lowest BCUT2D eigenvalue weighted by molar-refractivity contribution is -0.146. The van der Waals surface area contributed by atoms with E-state index in [-0.39, 0.29) is 11.8 Å². The minimum absolute atomic E-state index is 0.105. The molecule has 1 fully saturated rings. The third-order valence-electron chi connectivity index (χ3n) is 3.30. The summed E-state index contributed by atoms with van der Waals surface area (Å²) in [7, 11) is 0. The van der Waals surface area contributed by atoms with Gasteiger partial charge in [0, 0.05) is 6.54 Å². The summed E-state index contributed by atoms with van der Waals surface area (Å²) in [6.45, 7) is 4.52. The number of carboxylic acid groups (broad SMARTS) is 1. The van der Waals surface area contributed by atoms with Crippen LogP contribution in [0.3, 0.4) is 0 Å². The summed E-state index contributed by atoms with van der Waals surface area (Å²) in [6, 6.07) is 0. The van der Waals surface area contributed by atoms with Crippen molar-refractivity contribution in [1.29, 1.82) is 0 Å². The third kappa shape index (κ3) is 3.88. The molecule has 0 spiro atoms. The molecule has 0 aliphatic heterocycles. The van der Waals surface area contributed by atoms with Gasteiger partial charge in [0.1, 0.15) is 0 Å². The van der Waals surface area contributed by atoms with Crippen LogP contribution in [0.5, 0.6) is 0 Å². The molecule has 0 radical (unpaired) electrons. The van der Waals surface area contributed by atoms with Crippen molar-refractivity contribution in [3.8, 4) is 0 Å². The summed E-state index contributed by atoms with van der Waals surface area (Å²) in [4.78, 5) is 22.9. The molecule has 1 saturated carbocycles. The molecule has 0 aromatic carbocycles. The van der Waals surface area contributed by atoms with Crippen molar-refractivity contribution in [2.75, 3.05) is 6.54 Å². The van der Waals surface area contributed by atoms with Gasteiger partial charge in [-0.25, -0.2) is 0 Å². The lowest BCUT2D eigenvalue weighted by atomic mass is 9.95. The van der Waals surface area contributed by atoms with Gasteiger partial charge < -0.3 is 10.4 Å². The first-order valence-corrected chi connectivity index (χ1v) is 6.18. The van der Waals surface area contributed by atoms with Crippen LogP contribution in [0.15, 0.2) is 12.2 Å². The number of carbonyl (C=O) groups excluding carboxylic acids is 1. The first kappa shape index (κ1) is 13.7. The van der Waals surface area contributed by atoms with Gasteiger partial charge in [0.2, 0.25) is 5.91 Å². The van der Waals surface area contributed by atoms with Crippen LogP contribution in [0.1, 0.15) is 33.1 Å². The molecule has 0 bridgehead atoms. The first-order chi connectivity index (χ1) is 8.06. The predicted molar refractivity (Wildman–Crippen MR) is 65.5 cm³/mol. The minimum atomic E-state index is -0.844. The van der Waals surface area contributed by atoms with E-state index in [4.69, 9.17) is 5.11 Å². The second kappa shape index (κ2) is 6.42. The normalized spacial score (nSPS) is 28.5. The number of amides is 1. The highest BCUT2D eigenvalue weighted by molar-refractivity contribution is 5.85. The maximum absolute atomic E-state index is 11.9. The van der Waals surface area contributed by atoms with E-state index in [9.17, 15) is 9.59 Å². The van der Waals surface area contributed by atoms with Gasteiger partial charge in [-0.1, -0.05) is 19.1 Å². The van der Waals surface area contributed by atoms with Crippen molar-refractivity contribution in [2.45, 2.75) is 33.1 Å². The number of aliphatic carboxylic acids is 1. The maximum atomic E-state index is 11.9. The standard InChI is InChI=1S/C13H21NO3/c1-3-4-5-6-14-12(15)10-7-9(2)8-11(10)13(16)17/h3-4,9-11H,5-8H2,1-2H3,(H,14,15)(H,16,17)/b4-3+. The van der Waals surface area contributed by atoms with Crippen molar-refractivity contribution in [1.82, 2.24) is 5.32 Å². The summed E-state index contributed by atoms with van der Waals surface area (Å²) in [5.74, 6) is -1.49. The van der Waals surface area contributed by atoms with E-state index in [2.05, 4.69) is 5.32 Å². The fraction of sp³-hybridized carbons (Fsp3) is 0.692. The molecule has 3 unspecified atom stereocenters. The molecule has 0 saturated heterocycles. The Labute approximate surface area is 102 Å². The maximum Gasteiger partial charge on any atom is 0.307 e. The molecule has 0 aromatic heterocycles. The summed E-state index contributed by atoms with van der Waals surface area (Å²) in [6.07, 6.45) is 6.01. The Morgan fingerprint density at radius 1 is 1.35 bits per heavy atom. The van der Waals surface area contributed by atoms with Crippen LogP contribution in [-0.2, 0) is 9.59 Å². The van der Waals surface area contributed by atoms with Crippen LogP contribution in [0.25, 0.3) is 0 Å². The van der Waals surface area contributed by atoms with Crippen molar-refractivity contribution in [3.05, 3.63) is 12.2 Å². The van der Waals surface area contributed by atoms with Gasteiger partial charge >= 0.3 is 5.97 Å². The Balaban J connectivity index is 2.46. The highest BCUT2D eigenvalue weighted by Crippen LogP contribution is 2.36. The SMILES string of the molecule is C/C=C/CCNC(=O)C1CC(C)CC1C(=O)O. The molecule has 1 amide bonds. The molecule has 4 heteroatoms. The van der Waals surface area contributed by atoms with Crippen LogP contribution < -0.4 is 5.32 Å². The molecule has 2 N–H and O–H groups in total. The van der Waals surface area contributed by atoms with Crippen LogP contribution in [0.2, 0.25) is 0 Å². The fourth-order valence-corrected chi connectivity index (χ4v) is 2.43. The van der Waals surface area contributed by atoms with E-state index in [0.717, 1.165) is 6.42 Å². The fourth-order valence-electron chi connectivity index (χ4n) is 2.43. The largest absolute Gasteiger partial charge is 0.481 e. The van der Waals surface area contributed by atoms with Crippen LogP contribution in [-0.4, -0.2) is 23.5 Å². The van der Waals surface area contributed by atoms with E-state index < -0.39 is 11.9 Å². The number of carbonyl (C=O) groups is 2. The molecular weight excluding hydrogens is 218 g/mol. The van der Waals surface area contributed by atoms with Crippen LogP contribution >= 0.6 is 0 Å². The Morgan fingerprint density at radius 2 is 2.00 bits per heavy atom. The van der Waals surface area contributed by atoms with Gasteiger partial charge in [-0.15, -0.1) is 0 Å². The Morgan fingerprint density at radius 3 is 2.59 bits per heavy atom. The monoisotopic (exact) mass is 239 g/mol. The molecular formula is C13H21NO3. The van der Waals surface area contributed by atoms with Crippen molar-refractivity contribution >= 4 is 11.9 Å². The second-order valence-corrected chi connectivity index (χ2v) is 4.78. The molecule has 0 heterocycles. The smallest absolute Gasteiger partial charge is 0.307 e. The Bertz CT molecular complexity index is 312. The van der Waals surface area contributed by atoms with E-state index in [0.29, 0.717) is 25.3 Å². The summed E-state index contributed by atoms with van der Waals surface area (Å²) in [5, 5.41) is 11.9. The predicted octanol–water partition coefficient (Wildman–Crippen LogP) is 1.82. The van der Waals surface area contributed by atoms with Crippen LogP contribution in [0.4, 0.5) is 0 Å². The first-order valence-electron chi connectivity index (χ1n) is 6.18. The number of hydrogen-bond acceptors (Lipinski definition) is 2. The zero-order valence-corrected chi connectivity index (χ0v) is 10.5. The summed E-state index contributed by atoms with van der Waals surface area (Å²) in [5.41, 5.74) is 0. The summed E-state index contributed by atoms with van der Waals surface area (Å²) < 4.78 is 0. The lowest BCUT2D eigenvalue weighted by Gasteiger charge is -2.15. The highest BCUT2D eigenvalue weighted by atomic mass is 16.4. The number of allylic oxidation sites excluding steroid dienone is 1. The molecule has 4 nitrogen and oxygen atoms in total. The minimum Gasteiger partial charge on any atom is -0.481 e. The van der Waals surface area contributed by atoms with E-state index in [1.807, 2.05) is 26.0 Å². The Hall–Kier alpha value is -1.32. The molecule has 1 aliphatic rings. The molecule has 17 heavy (non-hydrogen) atoms. The third-order valence-corrected chi connectivity index (χ3v) is 3.30. The highest BCUT2D eigenvalue weighted by Gasteiger charge is 2.40. The van der Waals surface area contributed by atoms with E-state index in [1.54, 1.807) is 0 Å². The van der Waals surface area contributed by atoms with Crippen molar-refractivity contribution < 1.29 is 14.7 Å². The zero-order chi connectivity index (χ0) is 12.8. The van der Waals surface area contributed by atoms with Gasteiger partial charge in [0.15, 0.2) is 0 Å². The molecule has 0 aromatic rings. The molecule has 1 aliphatic carbocycles. The zero-order valence-electron chi connectivity index (χ0n) is 10.5. The van der Waals surface area contributed by atoms with Crippen molar-refractivity contribution in [3.63, 3.8) is 0 Å². The van der Waals surface area contributed by atoms with E-state index in [1.165, 1.54) is 0 Å². The van der Waals surface area contributed by atoms with Gasteiger partial charge in [-0.2, -0.15) is 0 Å². The Kier molecular flexibility index (Phi) is 5.19. The second-order valence-electron chi connectivity index (χ2n) is 4.78. The molecule has 96 valence electrons. The van der Waals surface area contributed by atoms with Crippen molar-refractivity contribution in [2.24, 2.45) is 17.8 Å². The molecule has 3 atom stereocenters.